The molecule has 3 rings (SSSR count). The number of fused-ring (bicyclic) bond motifs is 1. The molecule has 0 radical (unpaired) electrons. The van der Waals surface area contributed by atoms with Crippen LogP contribution in [0.2, 0.25) is 10.2 Å². The van der Waals surface area contributed by atoms with E-state index in [4.69, 9.17) is 33.7 Å². The fourth-order valence-electron chi connectivity index (χ4n) is 2.64. The van der Waals surface area contributed by atoms with Crippen molar-refractivity contribution in [3.63, 3.8) is 0 Å². The predicted octanol–water partition coefficient (Wildman–Crippen LogP) is 2.64. The van der Waals surface area contributed by atoms with Crippen molar-refractivity contribution in [2.45, 2.75) is 18.9 Å². The molecule has 2 amide bonds. The summed E-state index contributed by atoms with van der Waals surface area (Å²) in [6, 6.07) is 5.02. The summed E-state index contributed by atoms with van der Waals surface area (Å²) in [7, 11) is 0. The molecule has 9 heteroatoms. The quantitative estimate of drug-likeness (QED) is 0.821. The molecule has 0 bridgehead atoms. The molecule has 0 saturated carbocycles. The average Bonchev–Trinajstić information content (AvgIpc) is 2.55. The maximum atomic E-state index is 12.6. The molecule has 0 spiro atoms. The van der Waals surface area contributed by atoms with Crippen LogP contribution in [0.5, 0.6) is 0 Å². The van der Waals surface area contributed by atoms with Crippen molar-refractivity contribution in [1.82, 2.24) is 14.9 Å². The van der Waals surface area contributed by atoms with E-state index in [1.54, 1.807) is 23.1 Å². The number of benzene rings is 1. The van der Waals surface area contributed by atoms with Gasteiger partial charge in [-0.1, -0.05) is 23.2 Å². The van der Waals surface area contributed by atoms with Gasteiger partial charge < -0.3 is 15.4 Å². The van der Waals surface area contributed by atoms with Crippen LogP contribution in [-0.4, -0.2) is 46.1 Å². The number of nitrogens with zero attached hydrogens (tertiary/aromatic N) is 3. The Morgan fingerprint density at radius 1 is 1.21 bits per heavy atom. The molecule has 7 nitrogen and oxygen atoms in total. The van der Waals surface area contributed by atoms with Crippen LogP contribution in [0.1, 0.15) is 23.5 Å². The van der Waals surface area contributed by atoms with Gasteiger partial charge in [0, 0.05) is 36.3 Å². The zero-order valence-corrected chi connectivity index (χ0v) is 14.0. The van der Waals surface area contributed by atoms with Gasteiger partial charge in [0.2, 0.25) is 5.82 Å². The van der Waals surface area contributed by atoms with Crippen molar-refractivity contribution in [2.24, 2.45) is 5.73 Å². The molecule has 0 aliphatic carbocycles. The number of carbonyl (C=O) groups excluding carboxylic acids is 2. The van der Waals surface area contributed by atoms with Crippen molar-refractivity contribution in [3.8, 4) is 0 Å². The number of piperidine rings is 1. The zero-order valence-electron chi connectivity index (χ0n) is 12.5. The Kier molecular flexibility index (Phi) is 4.73. The Hall–Kier alpha value is -2.12. The van der Waals surface area contributed by atoms with Gasteiger partial charge in [0.25, 0.3) is 5.91 Å². The van der Waals surface area contributed by atoms with Gasteiger partial charge in [-0.3, -0.25) is 4.79 Å². The lowest BCUT2D eigenvalue weighted by Crippen LogP contribution is -2.42. The number of likely N-dealkylation sites (tertiary alicyclic amines) is 1. The molecule has 1 aromatic heterocycles. The Balaban J connectivity index is 1.77. The van der Waals surface area contributed by atoms with E-state index in [-0.39, 0.29) is 23.0 Å². The molecule has 2 N–H and O–H groups in total. The number of nitrogens with two attached hydrogens (primary N) is 1. The summed E-state index contributed by atoms with van der Waals surface area (Å²) in [6.07, 6.45) is -0.0325. The maximum absolute atomic E-state index is 12.6. The highest BCUT2D eigenvalue weighted by molar-refractivity contribution is 6.35. The first-order valence-corrected chi connectivity index (χ1v) is 8.08. The van der Waals surface area contributed by atoms with Gasteiger partial charge in [0.1, 0.15) is 11.3 Å². The third kappa shape index (κ3) is 3.52. The summed E-state index contributed by atoms with van der Waals surface area (Å²) in [5.74, 6) is -0.282. The topological polar surface area (TPSA) is 98.4 Å². The number of halogens is 2. The van der Waals surface area contributed by atoms with E-state index in [9.17, 15) is 9.59 Å². The summed E-state index contributed by atoms with van der Waals surface area (Å²) < 4.78 is 4.95. The standard InChI is InChI=1S/C15H14Cl2N4O3/c16-8-1-2-11-10(7-8)12(17)20-13(19-11)14(22)21-5-3-9(4-6-21)24-15(18)23/h1-2,7,9H,3-6H2,(H2,18,23). The lowest BCUT2D eigenvalue weighted by atomic mass is 10.1. The first kappa shape index (κ1) is 16.7. The first-order valence-electron chi connectivity index (χ1n) is 7.32. The van der Waals surface area contributed by atoms with E-state index in [1.807, 2.05) is 0 Å². The van der Waals surface area contributed by atoms with Crippen LogP contribution >= 0.6 is 23.2 Å². The summed E-state index contributed by atoms with van der Waals surface area (Å²) in [5.41, 5.74) is 5.55. The van der Waals surface area contributed by atoms with Gasteiger partial charge in [-0.15, -0.1) is 0 Å². The molecule has 2 heterocycles. The molecule has 0 atom stereocenters. The molecule has 126 valence electrons. The lowest BCUT2D eigenvalue weighted by Gasteiger charge is -2.30. The highest BCUT2D eigenvalue weighted by atomic mass is 35.5. The van der Waals surface area contributed by atoms with E-state index < -0.39 is 6.09 Å². The van der Waals surface area contributed by atoms with Crippen molar-refractivity contribution in [2.75, 3.05) is 13.1 Å². The molecule has 24 heavy (non-hydrogen) atoms. The van der Waals surface area contributed by atoms with Gasteiger partial charge in [0.05, 0.1) is 5.52 Å². The third-order valence-electron chi connectivity index (χ3n) is 3.81. The minimum Gasteiger partial charge on any atom is -0.446 e. The van der Waals surface area contributed by atoms with E-state index in [0.717, 1.165) is 0 Å². The van der Waals surface area contributed by atoms with Crippen LogP contribution in [0.4, 0.5) is 4.79 Å². The van der Waals surface area contributed by atoms with Crippen LogP contribution in [0.25, 0.3) is 10.9 Å². The molecule has 1 fully saturated rings. The number of hydrogen-bond donors (Lipinski definition) is 1. The number of hydrogen-bond acceptors (Lipinski definition) is 5. The summed E-state index contributed by atoms with van der Waals surface area (Å²) in [6.45, 7) is 0.854. The van der Waals surface area contributed by atoms with Gasteiger partial charge in [-0.25, -0.2) is 14.8 Å². The van der Waals surface area contributed by atoms with Crippen molar-refractivity contribution >= 4 is 46.1 Å². The molecule has 1 aliphatic rings. The van der Waals surface area contributed by atoms with E-state index in [1.165, 1.54) is 0 Å². The lowest BCUT2D eigenvalue weighted by molar-refractivity contribution is 0.0447. The van der Waals surface area contributed by atoms with E-state index in [0.29, 0.717) is 41.9 Å². The van der Waals surface area contributed by atoms with Gasteiger partial charge in [0.15, 0.2) is 0 Å². The van der Waals surface area contributed by atoms with Crippen LogP contribution in [-0.2, 0) is 4.74 Å². The number of ether oxygens (including phenoxy) is 1. The van der Waals surface area contributed by atoms with Crippen molar-refractivity contribution in [3.05, 3.63) is 34.2 Å². The fourth-order valence-corrected chi connectivity index (χ4v) is 3.04. The second-order valence-corrected chi connectivity index (χ2v) is 6.22. The Labute approximate surface area is 147 Å². The monoisotopic (exact) mass is 368 g/mol. The summed E-state index contributed by atoms with van der Waals surface area (Å²) in [5, 5.41) is 1.29. The van der Waals surface area contributed by atoms with E-state index in [2.05, 4.69) is 9.97 Å². The van der Waals surface area contributed by atoms with Crippen LogP contribution < -0.4 is 5.73 Å². The Morgan fingerprint density at radius 2 is 1.92 bits per heavy atom. The average molecular weight is 369 g/mol. The predicted molar refractivity (Wildman–Crippen MR) is 89.2 cm³/mol. The fraction of sp³-hybridized carbons (Fsp3) is 0.333. The highest BCUT2D eigenvalue weighted by Gasteiger charge is 2.27. The third-order valence-corrected chi connectivity index (χ3v) is 4.34. The van der Waals surface area contributed by atoms with Crippen LogP contribution in [0, 0.1) is 0 Å². The Morgan fingerprint density at radius 3 is 2.58 bits per heavy atom. The number of rotatable bonds is 2. The van der Waals surface area contributed by atoms with Gasteiger partial charge >= 0.3 is 6.09 Å². The number of carbonyl (C=O) groups is 2. The number of aromatic nitrogens is 2. The van der Waals surface area contributed by atoms with Crippen LogP contribution in [0.15, 0.2) is 18.2 Å². The molecule has 1 saturated heterocycles. The zero-order chi connectivity index (χ0) is 17.3. The molecular weight excluding hydrogens is 355 g/mol. The number of amides is 2. The molecule has 2 aromatic rings. The maximum Gasteiger partial charge on any atom is 0.404 e. The minimum absolute atomic E-state index is 0.0316. The van der Waals surface area contributed by atoms with Gasteiger partial charge in [-0.05, 0) is 18.2 Å². The SMILES string of the molecule is NC(=O)OC1CCN(C(=O)c2nc(Cl)c3cc(Cl)ccc3n2)CC1. The van der Waals surface area contributed by atoms with Gasteiger partial charge in [-0.2, -0.15) is 0 Å². The molecule has 1 aliphatic heterocycles. The first-order chi connectivity index (χ1) is 11.4. The van der Waals surface area contributed by atoms with E-state index >= 15 is 0 Å². The second kappa shape index (κ2) is 6.78. The highest BCUT2D eigenvalue weighted by Crippen LogP contribution is 2.24. The minimum atomic E-state index is -0.803. The van der Waals surface area contributed by atoms with Crippen molar-refractivity contribution < 1.29 is 14.3 Å². The smallest absolute Gasteiger partial charge is 0.404 e. The molecule has 1 aromatic carbocycles. The molecule has 0 unspecified atom stereocenters. The van der Waals surface area contributed by atoms with Crippen molar-refractivity contribution in [1.29, 1.82) is 0 Å². The van der Waals surface area contributed by atoms with Crippen LogP contribution in [0.3, 0.4) is 0 Å². The normalized spacial score (nSPS) is 15.5. The Bertz CT molecular complexity index is 807. The largest absolute Gasteiger partial charge is 0.446 e. The summed E-state index contributed by atoms with van der Waals surface area (Å²) in [4.78, 5) is 33.3. The second-order valence-electron chi connectivity index (χ2n) is 5.43. The number of primary amides is 1. The molecular formula is C15H14Cl2N4O3. The summed E-state index contributed by atoms with van der Waals surface area (Å²) >= 11 is 12.1.